The average molecular weight is 218 g/mol. The van der Waals surface area contributed by atoms with Crippen molar-refractivity contribution in [1.29, 1.82) is 0 Å². The van der Waals surface area contributed by atoms with Crippen LogP contribution < -0.4 is 0 Å². The Bertz CT molecular complexity index is 483. The Morgan fingerprint density at radius 3 is 2.50 bits per heavy atom. The highest BCUT2D eigenvalue weighted by molar-refractivity contribution is 7.71. The molecule has 2 heteroatoms. The van der Waals surface area contributed by atoms with Crippen LogP contribution in [0, 0.1) is 11.4 Å². The van der Waals surface area contributed by atoms with E-state index < -0.39 is 0 Å². The zero-order chi connectivity index (χ0) is 9.97. The molecule has 1 aromatic carbocycles. The molecule has 1 aromatic heterocycles. The van der Waals surface area contributed by atoms with E-state index in [9.17, 15) is 0 Å². The highest BCUT2D eigenvalue weighted by Gasteiger charge is 2.00. The molecule has 0 aliphatic heterocycles. The number of hydrogen-bond donors (Lipinski definition) is 0. The number of aryl methyl sites for hydroxylation is 1. The molecule has 0 unspecified atom stereocenters. The van der Waals surface area contributed by atoms with Crippen molar-refractivity contribution < 1.29 is 0 Å². The molecular formula is C12H10S2. The van der Waals surface area contributed by atoms with E-state index in [-0.39, 0.29) is 0 Å². The van der Waals surface area contributed by atoms with Crippen molar-refractivity contribution in [3.63, 3.8) is 0 Å². The summed E-state index contributed by atoms with van der Waals surface area (Å²) >= 11 is 7.08. The third-order valence-electron chi connectivity index (χ3n) is 2.12. The first-order chi connectivity index (χ1) is 6.79. The van der Waals surface area contributed by atoms with Crippen LogP contribution in [-0.2, 0) is 0 Å². The molecule has 0 radical (unpaired) electrons. The molecule has 2 aromatic rings. The maximum atomic E-state index is 5.38. The summed E-state index contributed by atoms with van der Waals surface area (Å²) in [5.41, 5.74) is 3.56. The molecule has 0 saturated carbocycles. The van der Waals surface area contributed by atoms with Gasteiger partial charge in [0, 0.05) is 5.56 Å². The van der Waals surface area contributed by atoms with Crippen LogP contribution in [0.2, 0.25) is 0 Å². The van der Waals surface area contributed by atoms with E-state index in [1.54, 1.807) is 11.3 Å². The minimum absolute atomic E-state index is 0.968. The van der Waals surface area contributed by atoms with Crippen LogP contribution in [0.25, 0.3) is 11.1 Å². The van der Waals surface area contributed by atoms with Gasteiger partial charge in [0.25, 0.3) is 0 Å². The van der Waals surface area contributed by atoms with Crippen molar-refractivity contribution in [3.8, 4) is 11.1 Å². The molecule has 0 aliphatic rings. The lowest BCUT2D eigenvalue weighted by Crippen LogP contribution is -1.79. The van der Waals surface area contributed by atoms with Gasteiger partial charge < -0.3 is 0 Å². The molecule has 0 amide bonds. The predicted octanol–water partition coefficient (Wildman–Crippen LogP) is 4.45. The van der Waals surface area contributed by atoms with Crippen molar-refractivity contribution >= 4 is 23.6 Å². The SMILES string of the molecule is Cc1cscc(-c2ccccc2)c1=S. The van der Waals surface area contributed by atoms with Crippen LogP contribution in [0.15, 0.2) is 41.1 Å². The van der Waals surface area contributed by atoms with Crippen LogP contribution in [0.3, 0.4) is 0 Å². The summed E-state index contributed by atoms with van der Waals surface area (Å²) in [6.45, 7) is 2.06. The van der Waals surface area contributed by atoms with Gasteiger partial charge in [-0.05, 0) is 28.8 Å². The number of hydrogen-bond acceptors (Lipinski definition) is 2. The number of rotatable bonds is 1. The van der Waals surface area contributed by atoms with Gasteiger partial charge in [0.05, 0.1) is 4.51 Å². The lowest BCUT2D eigenvalue weighted by molar-refractivity contribution is 1.49. The quantitative estimate of drug-likeness (QED) is 0.637. The lowest BCUT2D eigenvalue weighted by atomic mass is 10.1. The number of benzene rings is 1. The zero-order valence-electron chi connectivity index (χ0n) is 7.86. The van der Waals surface area contributed by atoms with Gasteiger partial charge in [-0.25, -0.2) is 0 Å². The molecule has 0 bridgehead atoms. The lowest BCUT2D eigenvalue weighted by Gasteiger charge is -2.01. The van der Waals surface area contributed by atoms with E-state index in [2.05, 4.69) is 29.8 Å². The molecule has 2 rings (SSSR count). The second-order valence-corrected chi connectivity index (χ2v) is 4.32. The fraction of sp³-hybridized carbons (Fsp3) is 0.0833. The zero-order valence-corrected chi connectivity index (χ0v) is 9.49. The summed E-state index contributed by atoms with van der Waals surface area (Å²) in [6, 6.07) is 10.3. The first kappa shape index (κ1) is 9.56. The molecule has 0 aliphatic carbocycles. The van der Waals surface area contributed by atoms with Crippen LogP contribution in [0.5, 0.6) is 0 Å². The van der Waals surface area contributed by atoms with Gasteiger partial charge in [-0.2, -0.15) is 11.3 Å². The normalized spacial score (nSPS) is 10.1. The molecular weight excluding hydrogens is 208 g/mol. The summed E-state index contributed by atoms with van der Waals surface area (Å²) < 4.78 is 0.968. The maximum absolute atomic E-state index is 5.38. The Labute approximate surface area is 92.9 Å². The molecule has 1 heterocycles. The maximum Gasteiger partial charge on any atom is 0.0500 e. The second kappa shape index (κ2) is 4.03. The summed E-state index contributed by atoms with van der Waals surface area (Å²) in [5, 5.41) is 4.21. The van der Waals surface area contributed by atoms with Crippen molar-refractivity contribution in [2.45, 2.75) is 6.92 Å². The van der Waals surface area contributed by atoms with E-state index in [1.165, 1.54) is 16.7 Å². The predicted molar refractivity (Wildman–Crippen MR) is 65.3 cm³/mol. The molecule has 0 spiro atoms. The highest BCUT2D eigenvalue weighted by atomic mass is 32.1. The standard InChI is InChI=1S/C12H10S2/c1-9-7-14-8-11(12(9)13)10-5-3-2-4-6-10/h2-8H,1H3. The van der Waals surface area contributed by atoms with Gasteiger partial charge in [-0.15, -0.1) is 0 Å². The first-order valence-corrected chi connectivity index (χ1v) is 5.76. The first-order valence-electron chi connectivity index (χ1n) is 4.41. The van der Waals surface area contributed by atoms with Gasteiger partial charge in [-0.3, -0.25) is 0 Å². The van der Waals surface area contributed by atoms with Crippen molar-refractivity contribution in [1.82, 2.24) is 0 Å². The van der Waals surface area contributed by atoms with E-state index >= 15 is 0 Å². The second-order valence-electron chi connectivity index (χ2n) is 3.16. The van der Waals surface area contributed by atoms with Gasteiger partial charge >= 0.3 is 0 Å². The molecule has 0 atom stereocenters. The summed E-state index contributed by atoms with van der Waals surface area (Å²) in [6.07, 6.45) is 0. The fourth-order valence-electron chi connectivity index (χ4n) is 1.34. The van der Waals surface area contributed by atoms with Crippen LogP contribution >= 0.6 is 23.6 Å². The van der Waals surface area contributed by atoms with E-state index in [1.807, 2.05) is 18.2 Å². The molecule has 0 fully saturated rings. The summed E-state index contributed by atoms with van der Waals surface area (Å²) in [7, 11) is 0. The van der Waals surface area contributed by atoms with Gasteiger partial charge in [0.1, 0.15) is 0 Å². The molecule has 0 saturated heterocycles. The third kappa shape index (κ3) is 1.76. The largest absolute Gasteiger partial charge is 0.151 e. The molecule has 70 valence electrons. The van der Waals surface area contributed by atoms with E-state index in [0.29, 0.717) is 0 Å². The topological polar surface area (TPSA) is 0 Å². The minimum atomic E-state index is 0.968. The molecule has 0 N–H and O–H groups in total. The van der Waals surface area contributed by atoms with Gasteiger partial charge in [0.15, 0.2) is 0 Å². The Hall–Kier alpha value is -0.990. The Balaban J connectivity index is 2.64. The Morgan fingerprint density at radius 2 is 1.79 bits per heavy atom. The third-order valence-corrected chi connectivity index (χ3v) is 3.52. The van der Waals surface area contributed by atoms with Crippen molar-refractivity contribution in [3.05, 3.63) is 51.2 Å². The minimum Gasteiger partial charge on any atom is -0.151 e. The van der Waals surface area contributed by atoms with E-state index in [0.717, 1.165) is 4.51 Å². The van der Waals surface area contributed by atoms with Crippen LogP contribution in [0.1, 0.15) is 5.56 Å². The monoisotopic (exact) mass is 218 g/mol. The smallest absolute Gasteiger partial charge is 0.0500 e. The molecule has 0 nitrogen and oxygen atoms in total. The van der Waals surface area contributed by atoms with Crippen LogP contribution in [0.4, 0.5) is 0 Å². The summed E-state index contributed by atoms with van der Waals surface area (Å²) in [4.78, 5) is 0. The van der Waals surface area contributed by atoms with Gasteiger partial charge in [-0.1, -0.05) is 42.5 Å². The molecule has 14 heavy (non-hydrogen) atoms. The highest BCUT2D eigenvalue weighted by Crippen LogP contribution is 2.24. The Morgan fingerprint density at radius 1 is 1.07 bits per heavy atom. The summed E-state index contributed by atoms with van der Waals surface area (Å²) in [5.74, 6) is 0. The van der Waals surface area contributed by atoms with E-state index in [4.69, 9.17) is 12.2 Å². The van der Waals surface area contributed by atoms with Crippen molar-refractivity contribution in [2.24, 2.45) is 0 Å². The van der Waals surface area contributed by atoms with Gasteiger partial charge in [0.2, 0.25) is 0 Å². The average Bonchev–Trinajstić information content (AvgIpc) is 2.23. The fourth-order valence-corrected chi connectivity index (χ4v) is 2.51. The van der Waals surface area contributed by atoms with Crippen LogP contribution in [-0.4, -0.2) is 0 Å². The Kier molecular flexibility index (Phi) is 2.75. The van der Waals surface area contributed by atoms with Crippen molar-refractivity contribution in [2.75, 3.05) is 0 Å².